The Kier molecular flexibility index (Phi) is 4.39. The molecule has 0 heterocycles. The molecule has 1 fully saturated rings. The van der Waals surface area contributed by atoms with Crippen molar-refractivity contribution in [3.63, 3.8) is 0 Å². The summed E-state index contributed by atoms with van der Waals surface area (Å²) in [4.78, 5) is 0. The largest absolute Gasteiger partial charge is 0.416 e. The first-order valence-corrected chi connectivity index (χ1v) is 8.08. The maximum Gasteiger partial charge on any atom is 0.416 e. The maximum absolute atomic E-state index is 13.0. The predicted octanol–water partition coefficient (Wildman–Crippen LogP) is 6.33. The Morgan fingerprint density at radius 1 is 0.958 bits per heavy atom. The van der Waals surface area contributed by atoms with Crippen LogP contribution in [-0.4, -0.2) is 0 Å². The van der Waals surface area contributed by atoms with Gasteiger partial charge in [-0.3, -0.25) is 0 Å². The summed E-state index contributed by atoms with van der Waals surface area (Å²) in [6.07, 6.45) is -1.37. The first-order valence-electron chi connectivity index (χ1n) is 8.08. The van der Waals surface area contributed by atoms with E-state index in [9.17, 15) is 13.2 Å². The molecule has 0 aliphatic heterocycles. The molecule has 0 bridgehead atoms. The fraction of sp³-hybridized carbons (Fsp3) is 0.300. The van der Waals surface area contributed by atoms with E-state index in [2.05, 4.69) is 5.32 Å². The minimum atomic E-state index is -4.33. The van der Waals surface area contributed by atoms with Crippen LogP contribution in [0.5, 0.6) is 0 Å². The number of allylic oxidation sites excluding steroid dienone is 1. The molecule has 1 aliphatic rings. The Bertz CT molecular complexity index is 782. The van der Waals surface area contributed by atoms with Crippen LogP contribution in [0.25, 0.3) is 5.70 Å². The van der Waals surface area contributed by atoms with Crippen molar-refractivity contribution >= 4 is 11.4 Å². The number of aryl methyl sites for hydroxylation is 2. The zero-order chi connectivity index (χ0) is 17.3. The molecule has 2 aromatic rings. The number of alkyl halides is 3. The van der Waals surface area contributed by atoms with Gasteiger partial charge in [0.25, 0.3) is 0 Å². The molecule has 0 spiro atoms. The van der Waals surface area contributed by atoms with Gasteiger partial charge in [-0.15, -0.1) is 0 Å². The SMILES string of the molecule is Cc1ccc(NC(=C2CCC2)c2cccc(C(F)(F)F)c2)cc1C. The van der Waals surface area contributed by atoms with Gasteiger partial charge in [0.15, 0.2) is 0 Å². The van der Waals surface area contributed by atoms with Crippen molar-refractivity contribution < 1.29 is 13.2 Å². The van der Waals surface area contributed by atoms with Crippen molar-refractivity contribution in [3.8, 4) is 0 Å². The van der Waals surface area contributed by atoms with Gasteiger partial charge in [-0.25, -0.2) is 0 Å². The topological polar surface area (TPSA) is 12.0 Å². The molecule has 1 saturated carbocycles. The summed E-state index contributed by atoms with van der Waals surface area (Å²) < 4.78 is 39.0. The van der Waals surface area contributed by atoms with Crippen molar-refractivity contribution in [2.75, 3.05) is 5.32 Å². The molecule has 126 valence electrons. The molecule has 1 N–H and O–H groups in total. The van der Waals surface area contributed by atoms with Gasteiger partial charge in [-0.1, -0.05) is 18.2 Å². The number of hydrogen-bond acceptors (Lipinski definition) is 1. The van der Waals surface area contributed by atoms with Crippen LogP contribution in [0.2, 0.25) is 0 Å². The van der Waals surface area contributed by atoms with Crippen LogP contribution >= 0.6 is 0 Å². The van der Waals surface area contributed by atoms with Crippen LogP contribution in [0.1, 0.15) is 41.5 Å². The van der Waals surface area contributed by atoms with Crippen LogP contribution in [0.15, 0.2) is 48.0 Å². The lowest BCUT2D eigenvalue weighted by molar-refractivity contribution is -0.137. The lowest BCUT2D eigenvalue weighted by Crippen LogP contribution is -2.11. The third kappa shape index (κ3) is 3.48. The number of benzene rings is 2. The molecule has 0 aromatic heterocycles. The molecule has 0 radical (unpaired) electrons. The Morgan fingerprint density at radius 2 is 1.71 bits per heavy atom. The van der Waals surface area contributed by atoms with Crippen LogP contribution in [0, 0.1) is 13.8 Å². The van der Waals surface area contributed by atoms with E-state index >= 15 is 0 Å². The first kappa shape index (κ1) is 16.6. The summed E-state index contributed by atoms with van der Waals surface area (Å²) in [5.74, 6) is 0. The number of anilines is 1. The standard InChI is InChI=1S/C20H20F3N/c1-13-9-10-18(11-14(13)2)24-19(15-5-3-6-15)16-7-4-8-17(12-16)20(21,22)23/h4,7-12,24H,3,5-6H2,1-2H3. The predicted molar refractivity (Wildman–Crippen MR) is 91.8 cm³/mol. The molecule has 0 saturated heterocycles. The molecule has 1 nitrogen and oxygen atoms in total. The number of hydrogen-bond donors (Lipinski definition) is 1. The monoisotopic (exact) mass is 331 g/mol. The highest BCUT2D eigenvalue weighted by molar-refractivity contribution is 5.80. The highest BCUT2D eigenvalue weighted by atomic mass is 19.4. The fourth-order valence-corrected chi connectivity index (χ4v) is 2.78. The van der Waals surface area contributed by atoms with Gasteiger partial charge in [0, 0.05) is 11.4 Å². The minimum absolute atomic E-state index is 0.595. The second-order valence-corrected chi connectivity index (χ2v) is 6.33. The maximum atomic E-state index is 13.0. The van der Waals surface area contributed by atoms with E-state index in [0.29, 0.717) is 5.56 Å². The van der Waals surface area contributed by atoms with E-state index in [-0.39, 0.29) is 0 Å². The van der Waals surface area contributed by atoms with Gasteiger partial charge in [0.1, 0.15) is 0 Å². The quantitative estimate of drug-likeness (QED) is 0.693. The summed E-state index contributed by atoms with van der Waals surface area (Å²) in [7, 11) is 0. The summed E-state index contributed by atoms with van der Waals surface area (Å²) in [5, 5.41) is 3.36. The van der Waals surface area contributed by atoms with E-state index in [1.54, 1.807) is 6.07 Å². The lowest BCUT2D eigenvalue weighted by Gasteiger charge is -2.24. The number of halogens is 3. The average molecular weight is 331 g/mol. The summed E-state index contributed by atoms with van der Waals surface area (Å²) >= 11 is 0. The van der Waals surface area contributed by atoms with Crippen LogP contribution < -0.4 is 5.32 Å². The molecule has 0 amide bonds. The Morgan fingerprint density at radius 3 is 2.29 bits per heavy atom. The van der Waals surface area contributed by atoms with Crippen molar-refractivity contribution in [2.45, 2.75) is 39.3 Å². The molecular weight excluding hydrogens is 311 g/mol. The lowest BCUT2D eigenvalue weighted by atomic mass is 9.88. The molecule has 0 unspecified atom stereocenters. The third-order valence-corrected chi connectivity index (χ3v) is 4.57. The smallest absolute Gasteiger partial charge is 0.355 e. The van der Waals surface area contributed by atoms with Gasteiger partial charge < -0.3 is 5.32 Å². The van der Waals surface area contributed by atoms with Crippen molar-refractivity contribution in [3.05, 3.63) is 70.3 Å². The Labute approximate surface area is 140 Å². The summed E-state index contributed by atoms with van der Waals surface area (Å²) in [5.41, 5.74) is 5.24. The molecule has 3 rings (SSSR count). The second-order valence-electron chi connectivity index (χ2n) is 6.33. The zero-order valence-electron chi connectivity index (χ0n) is 13.8. The minimum Gasteiger partial charge on any atom is -0.355 e. The van der Waals surface area contributed by atoms with Gasteiger partial charge in [-0.05, 0) is 79.6 Å². The van der Waals surface area contributed by atoms with E-state index in [0.717, 1.165) is 42.3 Å². The molecule has 1 aliphatic carbocycles. The van der Waals surface area contributed by atoms with Gasteiger partial charge in [0.2, 0.25) is 0 Å². The Balaban J connectivity index is 1.98. The van der Waals surface area contributed by atoms with Crippen molar-refractivity contribution in [1.82, 2.24) is 0 Å². The van der Waals surface area contributed by atoms with Crippen LogP contribution in [0.4, 0.5) is 18.9 Å². The molecule has 2 aromatic carbocycles. The molecular formula is C20H20F3N. The Hall–Kier alpha value is -2.23. The van der Waals surface area contributed by atoms with E-state index in [4.69, 9.17) is 0 Å². The summed E-state index contributed by atoms with van der Waals surface area (Å²) in [6.45, 7) is 4.07. The van der Waals surface area contributed by atoms with Gasteiger partial charge in [-0.2, -0.15) is 13.2 Å². The zero-order valence-corrected chi connectivity index (χ0v) is 13.8. The average Bonchev–Trinajstić information content (AvgIpc) is 2.48. The van der Waals surface area contributed by atoms with Gasteiger partial charge in [0.05, 0.1) is 5.56 Å². The number of rotatable bonds is 3. The highest BCUT2D eigenvalue weighted by Crippen LogP contribution is 2.36. The van der Waals surface area contributed by atoms with Crippen molar-refractivity contribution in [1.29, 1.82) is 0 Å². The van der Waals surface area contributed by atoms with E-state index in [1.807, 2.05) is 32.0 Å². The number of nitrogens with one attached hydrogen (secondary N) is 1. The normalized spacial score (nSPS) is 14.3. The second kappa shape index (κ2) is 6.34. The van der Waals surface area contributed by atoms with Crippen LogP contribution in [-0.2, 0) is 6.18 Å². The summed E-state index contributed by atoms with van der Waals surface area (Å²) in [6, 6.07) is 11.6. The van der Waals surface area contributed by atoms with Crippen LogP contribution in [0.3, 0.4) is 0 Å². The first-order chi connectivity index (χ1) is 11.3. The van der Waals surface area contributed by atoms with E-state index in [1.165, 1.54) is 23.3 Å². The van der Waals surface area contributed by atoms with Crippen molar-refractivity contribution in [2.24, 2.45) is 0 Å². The molecule has 0 atom stereocenters. The van der Waals surface area contributed by atoms with E-state index < -0.39 is 11.7 Å². The fourth-order valence-electron chi connectivity index (χ4n) is 2.78. The molecule has 24 heavy (non-hydrogen) atoms. The van der Waals surface area contributed by atoms with Gasteiger partial charge >= 0.3 is 6.18 Å². The highest BCUT2D eigenvalue weighted by Gasteiger charge is 2.31. The molecule has 4 heteroatoms. The third-order valence-electron chi connectivity index (χ3n) is 4.57.